The maximum Gasteiger partial charge on any atom is 0.340 e. The van der Waals surface area contributed by atoms with Gasteiger partial charge in [0, 0.05) is 11.6 Å². The van der Waals surface area contributed by atoms with E-state index in [1.165, 1.54) is 6.08 Å². The summed E-state index contributed by atoms with van der Waals surface area (Å²) in [6.07, 6.45) is 2.91. The zero-order valence-electron chi connectivity index (χ0n) is 20.3. The van der Waals surface area contributed by atoms with Gasteiger partial charge in [-0.2, -0.15) is 0 Å². The van der Waals surface area contributed by atoms with Crippen molar-refractivity contribution in [2.75, 3.05) is 13.2 Å². The highest BCUT2D eigenvalue weighted by Crippen LogP contribution is 2.35. The minimum Gasteiger partial charge on any atom is -0.462 e. The average Bonchev–Trinajstić information content (AvgIpc) is 2.71. The Morgan fingerprint density at radius 3 is 1.91 bits per heavy atom. The van der Waals surface area contributed by atoms with E-state index in [0.29, 0.717) is 28.1 Å². The molecule has 0 aliphatic heterocycles. The predicted octanol–water partition coefficient (Wildman–Crippen LogP) is 5.07. The van der Waals surface area contributed by atoms with Gasteiger partial charge < -0.3 is 14.2 Å². The van der Waals surface area contributed by atoms with E-state index in [1.807, 2.05) is 0 Å². The fraction of sp³-hybridized carbons (Fsp3) is 0.385. The van der Waals surface area contributed by atoms with Crippen molar-refractivity contribution in [1.29, 1.82) is 0 Å². The number of hydrogen-bond donors (Lipinski definition) is 0. The Labute approximate surface area is 194 Å². The number of hydrogen-bond acceptors (Lipinski definition) is 7. The number of benzene rings is 1. The molecule has 0 saturated heterocycles. The van der Waals surface area contributed by atoms with E-state index < -0.39 is 23.5 Å². The van der Waals surface area contributed by atoms with Crippen LogP contribution in [0.1, 0.15) is 72.3 Å². The van der Waals surface area contributed by atoms with Gasteiger partial charge in [-0.1, -0.05) is 24.3 Å². The number of esters is 3. The molecule has 0 saturated carbocycles. The molecule has 2 aromatic rings. The van der Waals surface area contributed by atoms with Crippen molar-refractivity contribution >= 4 is 24.0 Å². The molecule has 0 atom stereocenters. The highest BCUT2D eigenvalue weighted by atomic mass is 16.6. The largest absolute Gasteiger partial charge is 0.462 e. The van der Waals surface area contributed by atoms with Crippen LogP contribution < -0.4 is 0 Å². The monoisotopic (exact) mass is 453 g/mol. The van der Waals surface area contributed by atoms with E-state index >= 15 is 0 Å². The summed E-state index contributed by atoms with van der Waals surface area (Å²) in [7, 11) is 0. The summed E-state index contributed by atoms with van der Waals surface area (Å²) in [5.74, 6) is -1.68. The fourth-order valence-corrected chi connectivity index (χ4v) is 3.39. The lowest BCUT2D eigenvalue weighted by atomic mass is 9.89. The van der Waals surface area contributed by atoms with Crippen molar-refractivity contribution in [3.63, 3.8) is 0 Å². The normalized spacial score (nSPS) is 11.4. The van der Waals surface area contributed by atoms with E-state index in [2.05, 4.69) is 4.98 Å². The summed E-state index contributed by atoms with van der Waals surface area (Å²) in [6, 6.07) is 7.14. The van der Waals surface area contributed by atoms with Crippen LogP contribution in [0.4, 0.5) is 0 Å². The minimum absolute atomic E-state index is 0.167. The Bertz CT molecular complexity index is 1040. The van der Waals surface area contributed by atoms with Crippen LogP contribution in [-0.4, -0.2) is 41.7 Å². The molecule has 0 N–H and O–H groups in total. The Balaban J connectivity index is 2.79. The van der Waals surface area contributed by atoms with Crippen LogP contribution in [0.25, 0.3) is 17.2 Å². The number of carbonyl (C=O) groups excluding carboxylic acids is 3. The van der Waals surface area contributed by atoms with E-state index in [1.54, 1.807) is 78.8 Å². The predicted molar refractivity (Wildman–Crippen MR) is 126 cm³/mol. The SMILES string of the molecule is CCOC(=O)c1c(C)nc(C)c(C(=O)OCC)c1-c1ccccc1/C=C/C(=O)OC(C)(C)C. The zero-order valence-corrected chi connectivity index (χ0v) is 20.3. The number of aromatic nitrogens is 1. The molecular formula is C26H31NO6. The standard InChI is InChI=1S/C26H31NO6/c1-8-31-24(29)21-16(3)27-17(4)22(25(30)32-9-2)23(21)19-13-11-10-12-18(19)14-15-20(28)33-26(5,6)7/h10-15H,8-9H2,1-7H3/b15-14+. The number of rotatable bonds is 7. The first-order valence-corrected chi connectivity index (χ1v) is 10.9. The number of aryl methyl sites for hydroxylation is 2. The third kappa shape index (κ3) is 6.51. The molecule has 2 rings (SSSR count). The molecular weight excluding hydrogens is 422 g/mol. The number of nitrogens with zero attached hydrogens (tertiary/aromatic N) is 1. The Kier molecular flexibility index (Phi) is 8.51. The molecule has 0 unspecified atom stereocenters. The van der Waals surface area contributed by atoms with Gasteiger partial charge in [0.15, 0.2) is 0 Å². The molecule has 176 valence electrons. The molecule has 0 radical (unpaired) electrons. The lowest BCUT2D eigenvalue weighted by Gasteiger charge is -2.19. The minimum atomic E-state index is -0.631. The maximum atomic E-state index is 12.9. The molecule has 0 fully saturated rings. The quantitative estimate of drug-likeness (QED) is 0.328. The maximum absolute atomic E-state index is 12.9. The van der Waals surface area contributed by atoms with Crippen molar-refractivity contribution in [2.45, 2.75) is 54.1 Å². The summed E-state index contributed by atoms with van der Waals surface area (Å²) in [4.78, 5) is 42.5. The third-order valence-electron chi connectivity index (χ3n) is 4.55. The molecule has 1 aromatic carbocycles. The summed E-state index contributed by atoms with van der Waals surface area (Å²) < 4.78 is 15.9. The molecule has 7 heteroatoms. The summed E-state index contributed by atoms with van der Waals surface area (Å²) in [5, 5.41) is 0. The van der Waals surface area contributed by atoms with E-state index in [-0.39, 0.29) is 24.3 Å². The summed E-state index contributed by atoms with van der Waals surface area (Å²) >= 11 is 0. The molecule has 0 amide bonds. The Morgan fingerprint density at radius 2 is 1.42 bits per heavy atom. The second-order valence-corrected chi connectivity index (χ2v) is 8.30. The van der Waals surface area contributed by atoms with Crippen molar-refractivity contribution in [1.82, 2.24) is 4.98 Å². The molecule has 0 spiro atoms. The van der Waals surface area contributed by atoms with Crippen molar-refractivity contribution in [3.05, 3.63) is 58.4 Å². The highest BCUT2D eigenvalue weighted by Gasteiger charge is 2.28. The van der Waals surface area contributed by atoms with Crippen LogP contribution in [0.5, 0.6) is 0 Å². The molecule has 1 aromatic heterocycles. The van der Waals surface area contributed by atoms with Crippen molar-refractivity contribution in [3.8, 4) is 11.1 Å². The van der Waals surface area contributed by atoms with Gasteiger partial charge in [-0.15, -0.1) is 0 Å². The van der Waals surface area contributed by atoms with Gasteiger partial charge in [-0.3, -0.25) is 4.98 Å². The van der Waals surface area contributed by atoms with E-state index in [0.717, 1.165) is 0 Å². The fourth-order valence-electron chi connectivity index (χ4n) is 3.39. The van der Waals surface area contributed by atoms with Crippen molar-refractivity contribution < 1.29 is 28.6 Å². The summed E-state index contributed by atoms with van der Waals surface area (Å²) in [6.45, 7) is 12.5. The molecule has 1 heterocycles. The van der Waals surface area contributed by atoms with Gasteiger partial charge in [0.25, 0.3) is 0 Å². The van der Waals surface area contributed by atoms with Gasteiger partial charge >= 0.3 is 17.9 Å². The van der Waals surface area contributed by atoms with Gasteiger partial charge in [0.1, 0.15) is 5.60 Å². The number of carbonyl (C=O) groups is 3. The van der Waals surface area contributed by atoms with Crippen LogP contribution in [0, 0.1) is 13.8 Å². The first kappa shape index (κ1) is 25.8. The van der Waals surface area contributed by atoms with Crippen LogP contribution in [0.15, 0.2) is 30.3 Å². The molecule has 7 nitrogen and oxygen atoms in total. The number of pyridine rings is 1. The zero-order chi connectivity index (χ0) is 24.8. The Hall–Kier alpha value is -3.48. The highest BCUT2D eigenvalue weighted by molar-refractivity contribution is 6.08. The topological polar surface area (TPSA) is 91.8 Å². The van der Waals surface area contributed by atoms with E-state index in [9.17, 15) is 14.4 Å². The van der Waals surface area contributed by atoms with Crippen LogP contribution >= 0.6 is 0 Å². The summed E-state index contributed by atoms with van der Waals surface area (Å²) in [5.41, 5.74) is 2.14. The van der Waals surface area contributed by atoms with Crippen LogP contribution in [0.3, 0.4) is 0 Å². The molecule has 33 heavy (non-hydrogen) atoms. The average molecular weight is 454 g/mol. The van der Waals surface area contributed by atoms with E-state index in [4.69, 9.17) is 14.2 Å². The number of ether oxygens (including phenoxy) is 3. The first-order valence-electron chi connectivity index (χ1n) is 10.9. The van der Waals surface area contributed by atoms with Crippen LogP contribution in [0.2, 0.25) is 0 Å². The van der Waals surface area contributed by atoms with Gasteiger partial charge in [-0.25, -0.2) is 14.4 Å². The van der Waals surface area contributed by atoms with Crippen molar-refractivity contribution in [2.24, 2.45) is 0 Å². The lowest BCUT2D eigenvalue weighted by molar-refractivity contribution is -0.148. The van der Waals surface area contributed by atoms with Crippen LogP contribution in [-0.2, 0) is 19.0 Å². The second kappa shape index (κ2) is 10.9. The Morgan fingerprint density at radius 1 is 0.909 bits per heavy atom. The molecule has 0 aliphatic rings. The first-order chi connectivity index (χ1) is 15.5. The third-order valence-corrected chi connectivity index (χ3v) is 4.55. The smallest absolute Gasteiger partial charge is 0.340 e. The van der Waals surface area contributed by atoms with Gasteiger partial charge in [0.2, 0.25) is 0 Å². The molecule has 0 bridgehead atoms. The van der Waals surface area contributed by atoms with Gasteiger partial charge in [0.05, 0.1) is 35.7 Å². The molecule has 0 aliphatic carbocycles. The lowest BCUT2D eigenvalue weighted by Crippen LogP contribution is -2.22. The second-order valence-electron chi connectivity index (χ2n) is 8.30. The van der Waals surface area contributed by atoms with Gasteiger partial charge in [-0.05, 0) is 65.7 Å².